The standard InChI is InChI=1S/C21H23N3O3/c1-14-8-9-18(10-15(14)2)24-13-17(11-20(24)25)21(26)23-22-12-16-6-4-5-7-19(16)27-3/h4-10,12,17H,11,13H2,1-3H3,(H,23,26)/b22-12-/t17-/m0/s1. The topological polar surface area (TPSA) is 71.0 Å². The molecule has 2 aromatic rings. The predicted molar refractivity (Wildman–Crippen MR) is 105 cm³/mol. The van der Waals surface area contributed by atoms with Gasteiger partial charge in [0.05, 0.1) is 19.2 Å². The summed E-state index contributed by atoms with van der Waals surface area (Å²) in [6, 6.07) is 13.3. The molecule has 6 heteroatoms. The van der Waals surface area contributed by atoms with Crippen LogP contribution in [0, 0.1) is 19.8 Å². The van der Waals surface area contributed by atoms with Crippen molar-refractivity contribution < 1.29 is 14.3 Å². The van der Waals surface area contributed by atoms with Crippen LogP contribution in [0.3, 0.4) is 0 Å². The molecule has 0 bridgehead atoms. The highest BCUT2D eigenvalue weighted by molar-refractivity contribution is 6.00. The molecule has 1 saturated heterocycles. The third-order valence-corrected chi connectivity index (χ3v) is 4.82. The molecule has 0 radical (unpaired) electrons. The molecule has 0 unspecified atom stereocenters. The predicted octanol–water partition coefficient (Wildman–Crippen LogP) is 2.82. The van der Waals surface area contributed by atoms with Crippen molar-refractivity contribution in [1.29, 1.82) is 0 Å². The van der Waals surface area contributed by atoms with Gasteiger partial charge in [-0.3, -0.25) is 9.59 Å². The zero-order valence-electron chi connectivity index (χ0n) is 15.7. The number of methoxy groups -OCH3 is 1. The number of nitrogens with zero attached hydrogens (tertiary/aromatic N) is 2. The Morgan fingerprint density at radius 2 is 2.00 bits per heavy atom. The Balaban J connectivity index is 1.63. The number of para-hydroxylation sites is 1. The van der Waals surface area contributed by atoms with E-state index in [0.717, 1.165) is 16.8 Å². The van der Waals surface area contributed by atoms with Crippen molar-refractivity contribution in [1.82, 2.24) is 5.43 Å². The van der Waals surface area contributed by atoms with Crippen LogP contribution >= 0.6 is 0 Å². The minimum Gasteiger partial charge on any atom is -0.496 e. The zero-order chi connectivity index (χ0) is 19.4. The second-order valence-electron chi connectivity index (χ2n) is 6.65. The summed E-state index contributed by atoms with van der Waals surface area (Å²) in [7, 11) is 1.58. The van der Waals surface area contributed by atoms with Crippen molar-refractivity contribution in [3.05, 3.63) is 59.2 Å². The highest BCUT2D eigenvalue weighted by Gasteiger charge is 2.35. The van der Waals surface area contributed by atoms with Crippen LogP contribution in [-0.4, -0.2) is 31.7 Å². The number of nitrogens with one attached hydrogen (secondary N) is 1. The minimum absolute atomic E-state index is 0.0490. The number of carbonyl (C=O) groups is 2. The molecule has 1 aliphatic heterocycles. The number of benzene rings is 2. The van der Waals surface area contributed by atoms with Gasteiger partial charge in [-0.2, -0.15) is 5.10 Å². The molecule has 1 heterocycles. The summed E-state index contributed by atoms with van der Waals surface area (Å²) in [5.74, 6) is -0.0608. The maximum Gasteiger partial charge on any atom is 0.245 e. The van der Waals surface area contributed by atoms with Crippen molar-refractivity contribution in [2.45, 2.75) is 20.3 Å². The quantitative estimate of drug-likeness (QED) is 0.654. The van der Waals surface area contributed by atoms with E-state index < -0.39 is 5.92 Å². The molecule has 6 nitrogen and oxygen atoms in total. The van der Waals surface area contributed by atoms with E-state index in [0.29, 0.717) is 12.3 Å². The average molecular weight is 365 g/mol. The van der Waals surface area contributed by atoms with Gasteiger partial charge in [0.25, 0.3) is 0 Å². The maximum atomic E-state index is 12.4. The Bertz CT molecular complexity index is 892. The highest BCUT2D eigenvalue weighted by atomic mass is 16.5. The minimum atomic E-state index is -0.422. The molecule has 2 aromatic carbocycles. The molecule has 1 fully saturated rings. The first-order valence-corrected chi connectivity index (χ1v) is 8.83. The molecular weight excluding hydrogens is 342 g/mol. The summed E-state index contributed by atoms with van der Waals surface area (Å²) in [4.78, 5) is 26.4. The fourth-order valence-electron chi connectivity index (χ4n) is 3.06. The van der Waals surface area contributed by atoms with E-state index >= 15 is 0 Å². The summed E-state index contributed by atoms with van der Waals surface area (Å²) < 4.78 is 5.24. The van der Waals surface area contributed by atoms with Gasteiger partial charge in [-0.15, -0.1) is 0 Å². The summed E-state index contributed by atoms with van der Waals surface area (Å²) in [6.07, 6.45) is 1.72. The second-order valence-corrected chi connectivity index (χ2v) is 6.65. The molecule has 140 valence electrons. The average Bonchev–Trinajstić information content (AvgIpc) is 3.06. The molecule has 0 saturated carbocycles. The third-order valence-electron chi connectivity index (χ3n) is 4.82. The highest BCUT2D eigenvalue weighted by Crippen LogP contribution is 2.27. The van der Waals surface area contributed by atoms with Crippen LogP contribution in [0.25, 0.3) is 0 Å². The van der Waals surface area contributed by atoms with Crippen LogP contribution in [0.2, 0.25) is 0 Å². The molecule has 3 rings (SSSR count). The Kier molecular flexibility index (Phi) is 5.54. The number of amides is 2. The van der Waals surface area contributed by atoms with Gasteiger partial charge in [-0.1, -0.05) is 18.2 Å². The fraction of sp³-hybridized carbons (Fsp3) is 0.286. The molecule has 0 spiro atoms. The molecule has 1 atom stereocenters. The van der Waals surface area contributed by atoms with Gasteiger partial charge in [0, 0.05) is 24.2 Å². The van der Waals surface area contributed by atoms with Gasteiger partial charge in [0.15, 0.2) is 0 Å². The molecule has 1 aliphatic rings. The van der Waals surface area contributed by atoms with Crippen molar-refractivity contribution in [3.63, 3.8) is 0 Å². The first kappa shape index (κ1) is 18.6. The lowest BCUT2D eigenvalue weighted by Gasteiger charge is -2.17. The van der Waals surface area contributed by atoms with E-state index in [1.165, 1.54) is 11.8 Å². The lowest BCUT2D eigenvalue weighted by atomic mass is 10.1. The Morgan fingerprint density at radius 1 is 1.22 bits per heavy atom. The van der Waals surface area contributed by atoms with Crippen LogP contribution < -0.4 is 15.1 Å². The number of rotatable bonds is 5. The normalized spacial score (nSPS) is 16.8. The smallest absolute Gasteiger partial charge is 0.245 e. The first-order chi connectivity index (χ1) is 13.0. The van der Waals surface area contributed by atoms with Crippen molar-refractivity contribution in [3.8, 4) is 5.75 Å². The van der Waals surface area contributed by atoms with Crippen molar-refractivity contribution in [2.24, 2.45) is 11.0 Å². The van der Waals surface area contributed by atoms with Gasteiger partial charge in [-0.05, 0) is 49.2 Å². The van der Waals surface area contributed by atoms with Crippen LogP contribution in [0.5, 0.6) is 5.75 Å². The van der Waals surface area contributed by atoms with Crippen LogP contribution in [-0.2, 0) is 9.59 Å². The first-order valence-electron chi connectivity index (χ1n) is 8.83. The third kappa shape index (κ3) is 4.16. The maximum absolute atomic E-state index is 12.4. The SMILES string of the molecule is COc1ccccc1/C=N\NC(=O)[C@H]1CC(=O)N(c2ccc(C)c(C)c2)C1. The van der Waals surface area contributed by atoms with Crippen molar-refractivity contribution in [2.75, 3.05) is 18.6 Å². The fourth-order valence-corrected chi connectivity index (χ4v) is 3.06. The number of hydrogen-bond donors (Lipinski definition) is 1. The van der Waals surface area contributed by atoms with E-state index in [1.54, 1.807) is 12.0 Å². The lowest BCUT2D eigenvalue weighted by Crippen LogP contribution is -2.30. The number of hydrazone groups is 1. The molecule has 1 N–H and O–H groups in total. The molecular formula is C21H23N3O3. The lowest BCUT2D eigenvalue weighted by molar-refractivity contribution is -0.126. The van der Waals surface area contributed by atoms with Crippen molar-refractivity contribution >= 4 is 23.7 Å². The number of ether oxygens (including phenoxy) is 1. The van der Waals surface area contributed by atoms with Gasteiger partial charge < -0.3 is 9.64 Å². The van der Waals surface area contributed by atoms with Gasteiger partial charge in [-0.25, -0.2) is 5.43 Å². The number of hydrogen-bond acceptors (Lipinski definition) is 4. The Morgan fingerprint density at radius 3 is 2.74 bits per heavy atom. The summed E-state index contributed by atoms with van der Waals surface area (Å²) >= 11 is 0. The van der Waals surface area contributed by atoms with E-state index in [2.05, 4.69) is 10.5 Å². The molecule has 27 heavy (non-hydrogen) atoms. The summed E-state index contributed by atoms with van der Waals surface area (Å²) in [5.41, 5.74) is 6.42. The number of aryl methyl sites for hydroxylation is 2. The van der Waals surface area contributed by atoms with E-state index in [9.17, 15) is 9.59 Å². The Labute approximate surface area is 158 Å². The summed E-state index contributed by atoms with van der Waals surface area (Å²) in [6.45, 7) is 4.40. The molecule has 0 aromatic heterocycles. The zero-order valence-corrected chi connectivity index (χ0v) is 15.7. The number of anilines is 1. The van der Waals surface area contributed by atoms with E-state index in [1.807, 2.05) is 56.3 Å². The molecule has 2 amide bonds. The van der Waals surface area contributed by atoms with Crippen LogP contribution in [0.4, 0.5) is 5.69 Å². The van der Waals surface area contributed by atoms with Gasteiger partial charge in [0.1, 0.15) is 5.75 Å². The van der Waals surface area contributed by atoms with Crippen LogP contribution in [0.1, 0.15) is 23.1 Å². The summed E-state index contributed by atoms with van der Waals surface area (Å²) in [5, 5.41) is 4.01. The van der Waals surface area contributed by atoms with Crippen LogP contribution in [0.15, 0.2) is 47.6 Å². The number of carbonyl (C=O) groups excluding carboxylic acids is 2. The molecule has 0 aliphatic carbocycles. The van der Waals surface area contributed by atoms with Gasteiger partial charge in [0.2, 0.25) is 11.8 Å². The largest absolute Gasteiger partial charge is 0.496 e. The Hall–Kier alpha value is -3.15. The van der Waals surface area contributed by atoms with E-state index in [-0.39, 0.29) is 18.2 Å². The second kappa shape index (κ2) is 8.03. The van der Waals surface area contributed by atoms with E-state index in [4.69, 9.17) is 4.74 Å². The monoisotopic (exact) mass is 365 g/mol. The van der Waals surface area contributed by atoms with Gasteiger partial charge >= 0.3 is 0 Å².